The van der Waals surface area contributed by atoms with E-state index < -0.39 is 15.1 Å². The highest BCUT2D eigenvalue weighted by molar-refractivity contribution is 7.92. The number of aryl methyl sites for hydroxylation is 1. The van der Waals surface area contributed by atoms with Crippen LogP contribution in [0.4, 0.5) is 5.82 Å². The molecule has 0 radical (unpaired) electrons. The number of nitrogens with one attached hydrogen (secondary N) is 1. The van der Waals surface area contributed by atoms with E-state index in [0.717, 1.165) is 36.5 Å². The van der Waals surface area contributed by atoms with Crippen molar-refractivity contribution in [3.8, 4) is 0 Å². The first-order valence-electron chi connectivity index (χ1n) is 9.09. The van der Waals surface area contributed by atoms with Crippen LogP contribution in [0, 0.1) is 6.92 Å². The van der Waals surface area contributed by atoms with Gasteiger partial charge in [0.2, 0.25) is 0 Å². The fraction of sp³-hybridized carbons (Fsp3) is 0.474. The molecule has 1 aliphatic rings. The van der Waals surface area contributed by atoms with E-state index in [1.807, 2.05) is 6.92 Å². The van der Waals surface area contributed by atoms with Gasteiger partial charge in [-0.25, -0.2) is 17.9 Å². The van der Waals surface area contributed by atoms with Crippen LogP contribution in [0.2, 0.25) is 0 Å². The van der Waals surface area contributed by atoms with Gasteiger partial charge in [-0.1, -0.05) is 12.2 Å². The standard InChI is InChI=1S/C19H27N5O2S/c1-6-8-9-14(7-2)27(25,26)17-18(20-4)22-24-16-10-11-23(5)12-15(16)13(3)21-19(17)24/h6-7,14H,1-2,8-12H2,3-5H3,(H,20,22). The van der Waals surface area contributed by atoms with Crippen molar-refractivity contribution in [3.05, 3.63) is 42.3 Å². The van der Waals surface area contributed by atoms with Crippen LogP contribution >= 0.6 is 0 Å². The lowest BCUT2D eigenvalue weighted by molar-refractivity contribution is 0.306. The van der Waals surface area contributed by atoms with Crippen molar-refractivity contribution in [2.45, 2.75) is 42.9 Å². The fourth-order valence-electron chi connectivity index (χ4n) is 3.61. The molecule has 1 unspecified atom stereocenters. The summed E-state index contributed by atoms with van der Waals surface area (Å²) in [4.78, 5) is 7.04. The van der Waals surface area contributed by atoms with Crippen molar-refractivity contribution >= 4 is 21.3 Å². The van der Waals surface area contributed by atoms with Gasteiger partial charge in [0.05, 0.1) is 10.9 Å². The molecule has 0 aliphatic carbocycles. The summed E-state index contributed by atoms with van der Waals surface area (Å²) in [6.07, 6.45) is 5.04. The maximum atomic E-state index is 13.4. The molecule has 146 valence electrons. The molecular formula is C19H27N5O2S. The van der Waals surface area contributed by atoms with Crippen molar-refractivity contribution in [1.29, 1.82) is 0 Å². The van der Waals surface area contributed by atoms with Crippen LogP contribution in [0.25, 0.3) is 5.65 Å². The number of fused-ring (bicyclic) bond motifs is 3. The lowest BCUT2D eigenvalue weighted by Gasteiger charge is -2.26. The number of hydrogen-bond donors (Lipinski definition) is 1. The molecule has 0 saturated carbocycles. The highest BCUT2D eigenvalue weighted by Gasteiger charge is 2.34. The maximum absolute atomic E-state index is 13.4. The first-order valence-corrected chi connectivity index (χ1v) is 10.6. The Bertz CT molecular complexity index is 993. The van der Waals surface area contributed by atoms with Gasteiger partial charge < -0.3 is 10.2 Å². The number of nitrogens with zero attached hydrogens (tertiary/aromatic N) is 4. The summed E-state index contributed by atoms with van der Waals surface area (Å²) in [6.45, 7) is 11.0. The Morgan fingerprint density at radius 3 is 2.74 bits per heavy atom. The number of aromatic nitrogens is 3. The van der Waals surface area contributed by atoms with Gasteiger partial charge in [-0.05, 0) is 26.8 Å². The highest BCUT2D eigenvalue weighted by Crippen LogP contribution is 2.33. The number of allylic oxidation sites excluding steroid dienone is 1. The normalized spacial score (nSPS) is 16.1. The lowest BCUT2D eigenvalue weighted by atomic mass is 10.0. The van der Waals surface area contributed by atoms with E-state index in [1.54, 1.807) is 17.6 Å². The van der Waals surface area contributed by atoms with Gasteiger partial charge in [0.1, 0.15) is 0 Å². The zero-order valence-electron chi connectivity index (χ0n) is 16.2. The summed E-state index contributed by atoms with van der Waals surface area (Å²) < 4.78 is 28.5. The van der Waals surface area contributed by atoms with Crippen LogP contribution in [-0.4, -0.2) is 53.8 Å². The van der Waals surface area contributed by atoms with E-state index in [2.05, 4.69) is 40.5 Å². The van der Waals surface area contributed by atoms with Crippen molar-refractivity contribution in [1.82, 2.24) is 19.5 Å². The Hall–Kier alpha value is -2.19. The van der Waals surface area contributed by atoms with Gasteiger partial charge >= 0.3 is 0 Å². The van der Waals surface area contributed by atoms with Crippen molar-refractivity contribution in [2.24, 2.45) is 0 Å². The van der Waals surface area contributed by atoms with E-state index >= 15 is 0 Å². The van der Waals surface area contributed by atoms with Gasteiger partial charge in [-0.2, -0.15) is 0 Å². The van der Waals surface area contributed by atoms with Crippen molar-refractivity contribution < 1.29 is 8.42 Å². The van der Waals surface area contributed by atoms with E-state index in [4.69, 9.17) is 0 Å². The second-order valence-corrected chi connectivity index (χ2v) is 9.06. The molecule has 1 N–H and O–H groups in total. The maximum Gasteiger partial charge on any atom is 0.192 e. The second-order valence-electron chi connectivity index (χ2n) is 6.96. The Morgan fingerprint density at radius 1 is 1.37 bits per heavy atom. The third-order valence-electron chi connectivity index (χ3n) is 5.13. The van der Waals surface area contributed by atoms with Crippen molar-refractivity contribution in [2.75, 3.05) is 26.0 Å². The monoisotopic (exact) mass is 389 g/mol. The van der Waals surface area contributed by atoms with Gasteiger partial charge in [0, 0.05) is 37.8 Å². The van der Waals surface area contributed by atoms with E-state index in [9.17, 15) is 8.42 Å². The summed E-state index contributed by atoms with van der Waals surface area (Å²) >= 11 is 0. The number of sulfone groups is 1. The fourth-order valence-corrected chi connectivity index (χ4v) is 5.41. The highest BCUT2D eigenvalue weighted by atomic mass is 32.2. The van der Waals surface area contributed by atoms with E-state index in [1.165, 1.54) is 6.08 Å². The van der Waals surface area contributed by atoms with Gasteiger partial charge in [0.15, 0.2) is 26.2 Å². The summed E-state index contributed by atoms with van der Waals surface area (Å²) in [5.74, 6) is 0.333. The largest absolute Gasteiger partial charge is 0.371 e. The SMILES string of the molecule is C=CCCC(C=C)S(=O)(=O)c1c(NC)nn2c3c(c(C)nc12)CN(C)CC3. The lowest BCUT2D eigenvalue weighted by Crippen LogP contribution is -2.29. The Labute approximate surface area is 160 Å². The zero-order valence-corrected chi connectivity index (χ0v) is 17.0. The first-order chi connectivity index (χ1) is 12.8. The molecule has 2 aromatic rings. The molecule has 0 bridgehead atoms. The third-order valence-corrected chi connectivity index (χ3v) is 7.30. The number of hydrogen-bond acceptors (Lipinski definition) is 6. The summed E-state index contributed by atoms with van der Waals surface area (Å²) in [5, 5.41) is 6.80. The van der Waals surface area contributed by atoms with Crippen molar-refractivity contribution in [3.63, 3.8) is 0 Å². The number of rotatable bonds is 7. The van der Waals surface area contributed by atoms with Crippen LogP contribution < -0.4 is 5.32 Å². The molecule has 8 heteroatoms. The quantitative estimate of drug-likeness (QED) is 0.733. The zero-order chi connectivity index (χ0) is 19.8. The molecule has 7 nitrogen and oxygen atoms in total. The molecule has 0 fully saturated rings. The topological polar surface area (TPSA) is 79.6 Å². The summed E-state index contributed by atoms with van der Waals surface area (Å²) in [5.41, 5.74) is 3.40. The average molecular weight is 390 g/mol. The molecule has 0 amide bonds. The summed E-state index contributed by atoms with van der Waals surface area (Å²) in [6, 6.07) is 0. The average Bonchev–Trinajstić information content (AvgIpc) is 3.01. The van der Waals surface area contributed by atoms with Gasteiger partial charge in [-0.3, -0.25) is 0 Å². The Kier molecular flexibility index (Phi) is 5.39. The minimum Gasteiger partial charge on any atom is -0.371 e. The van der Waals surface area contributed by atoms with E-state index in [0.29, 0.717) is 24.3 Å². The molecule has 0 aromatic carbocycles. The number of likely N-dealkylation sites (N-methyl/N-ethyl adjacent to an activating group) is 1. The molecule has 3 rings (SSSR count). The predicted octanol–water partition coefficient (Wildman–Crippen LogP) is 2.36. The van der Waals surface area contributed by atoms with Crippen LogP contribution in [0.3, 0.4) is 0 Å². The van der Waals surface area contributed by atoms with Crippen LogP contribution in [0.15, 0.2) is 30.2 Å². The van der Waals surface area contributed by atoms with Crippen LogP contribution in [0.5, 0.6) is 0 Å². The molecule has 1 atom stereocenters. The molecular weight excluding hydrogens is 362 g/mol. The predicted molar refractivity (Wildman–Crippen MR) is 108 cm³/mol. The minimum absolute atomic E-state index is 0.156. The molecule has 0 spiro atoms. The Morgan fingerprint density at radius 2 is 2.11 bits per heavy atom. The molecule has 0 saturated heterocycles. The molecule has 27 heavy (non-hydrogen) atoms. The Balaban J connectivity index is 2.25. The first kappa shape index (κ1) is 19.6. The molecule has 1 aliphatic heterocycles. The minimum atomic E-state index is -3.69. The van der Waals surface area contributed by atoms with Crippen LogP contribution in [-0.2, 0) is 22.8 Å². The van der Waals surface area contributed by atoms with Crippen LogP contribution in [0.1, 0.15) is 29.8 Å². The van der Waals surface area contributed by atoms with Gasteiger partial charge in [-0.15, -0.1) is 18.3 Å². The second kappa shape index (κ2) is 7.44. The number of anilines is 1. The smallest absolute Gasteiger partial charge is 0.192 e. The molecule has 3 heterocycles. The summed E-state index contributed by atoms with van der Waals surface area (Å²) in [7, 11) is 0.0614. The molecule has 2 aromatic heterocycles. The van der Waals surface area contributed by atoms with E-state index in [-0.39, 0.29) is 4.90 Å². The van der Waals surface area contributed by atoms with Gasteiger partial charge in [0.25, 0.3) is 0 Å². The third kappa shape index (κ3) is 3.27.